The summed E-state index contributed by atoms with van der Waals surface area (Å²) in [6.45, 7) is 7.16. The first kappa shape index (κ1) is 12.2. The molecular weight excluding hydrogens is 208 g/mol. The Bertz CT molecular complexity index is 300. The van der Waals surface area contributed by atoms with Crippen molar-refractivity contribution in [3.8, 4) is 0 Å². The first-order valence-corrected chi connectivity index (χ1v) is 5.68. The fourth-order valence-corrected chi connectivity index (χ4v) is 2.28. The van der Waals surface area contributed by atoms with Crippen LogP contribution in [0.15, 0.2) is 37.4 Å². The second-order valence-electron chi connectivity index (χ2n) is 3.32. The van der Waals surface area contributed by atoms with E-state index >= 15 is 0 Å². The molecule has 0 fully saturated rings. The van der Waals surface area contributed by atoms with E-state index in [9.17, 15) is 10.2 Å². The van der Waals surface area contributed by atoms with Crippen LogP contribution in [0.2, 0.25) is 0 Å². The van der Waals surface area contributed by atoms with Gasteiger partial charge < -0.3 is 10.2 Å². The molecule has 82 valence electrons. The molecule has 1 aromatic heterocycles. The molecule has 0 radical (unpaired) electrons. The molecule has 0 aliphatic rings. The van der Waals surface area contributed by atoms with Gasteiger partial charge in [-0.25, -0.2) is 0 Å². The molecule has 2 nitrogen and oxygen atoms in total. The third-order valence-electron chi connectivity index (χ3n) is 2.08. The van der Waals surface area contributed by atoms with Crippen molar-refractivity contribution < 1.29 is 10.2 Å². The van der Waals surface area contributed by atoms with Gasteiger partial charge in [0.05, 0.1) is 12.2 Å². The summed E-state index contributed by atoms with van der Waals surface area (Å²) in [4.78, 5) is 1.74. The van der Waals surface area contributed by atoms with Gasteiger partial charge in [-0.3, -0.25) is 0 Å². The zero-order valence-corrected chi connectivity index (χ0v) is 9.41. The number of aliphatic hydroxyl groups is 2. The summed E-state index contributed by atoms with van der Waals surface area (Å²) in [7, 11) is 0. The molecule has 0 saturated heterocycles. The van der Waals surface area contributed by atoms with Gasteiger partial charge in [0.15, 0.2) is 0 Å². The van der Waals surface area contributed by atoms with Crippen molar-refractivity contribution in [2.75, 3.05) is 0 Å². The van der Waals surface area contributed by atoms with Crippen LogP contribution in [0.4, 0.5) is 0 Å². The molecule has 3 heteroatoms. The Morgan fingerprint density at radius 2 is 1.47 bits per heavy atom. The van der Waals surface area contributed by atoms with E-state index in [-0.39, 0.29) is 0 Å². The van der Waals surface area contributed by atoms with E-state index in [2.05, 4.69) is 13.2 Å². The zero-order chi connectivity index (χ0) is 11.3. The van der Waals surface area contributed by atoms with Crippen LogP contribution < -0.4 is 0 Å². The van der Waals surface area contributed by atoms with Crippen LogP contribution in [-0.2, 0) is 0 Å². The van der Waals surface area contributed by atoms with Crippen molar-refractivity contribution in [1.82, 2.24) is 0 Å². The smallest absolute Gasteiger partial charge is 0.0916 e. The average molecular weight is 224 g/mol. The average Bonchev–Trinajstić information content (AvgIpc) is 2.67. The van der Waals surface area contributed by atoms with Gasteiger partial charge in [-0.15, -0.1) is 24.5 Å². The van der Waals surface area contributed by atoms with E-state index in [4.69, 9.17) is 0 Å². The zero-order valence-electron chi connectivity index (χ0n) is 8.60. The summed E-state index contributed by atoms with van der Waals surface area (Å²) < 4.78 is 0. The van der Waals surface area contributed by atoms with Gasteiger partial charge in [0.2, 0.25) is 0 Å². The fraction of sp³-hybridized carbons (Fsp3) is 0.333. The van der Waals surface area contributed by atoms with Gasteiger partial charge >= 0.3 is 0 Å². The Balaban J connectivity index is 2.70. The number of hydrogen-bond acceptors (Lipinski definition) is 3. The lowest BCUT2D eigenvalue weighted by Crippen LogP contribution is -1.92. The standard InChI is InChI=1S/C12H16O2S/c1-3-5-9(13)11-7-8-12(15-11)10(14)6-4-2/h3-4,7-10,13-14H,1-2,5-6H2/t9-,10-/m0/s1. The lowest BCUT2D eigenvalue weighted by molar-refractivity contribution is 0.184. The Morgan fingerprint density at radius 3 is 1.80 bits per heavy atom. The molecule has 0 aliphatic carbocycles. The van der Waals surface area contributed by atoms with Crippen molar-refractivity contribution in [2.45, 2.75) is 25.0 Å². The molecule has 0 saturated carbocycles. The highest BCUT2D eigenvalue weighted by Crippen LogP contribution is 2.30. The maximum atomic E-state index is 9.68. The lowest BCUT2D eigenvalue weighted by atomic mass is 10.2. The first-order valence-electron chi connectivity index (χ1n) is 4.86. The molecular formula is C12H16O2S. The molecule has 0 aromatic carbocycles. The Kier molecular flexibility index (Phi) is 4.75. The van der Waals surface area contributed by atoms with Gasteiger partial charge in [0.25, 0.3) is 0 Å². The van der Waals surface area contributed by atoms with Crippen LogP contribution in [0, 0.1) is 0 Å². The van der Waals surface area contributed by atoms with Gasteiger partial charge in [-0.2, -0.15) is 0 Å². The summed E-state index contributed by atoms with van der Waals surface area (Å²) in [5, 5.41) is 19.4. The van der Waals surface area contributed by atoms with Crippen molar-refractivity contribution in [3.63, 3.8) is 0 Å². The maximum absolute atomic E-state index is 9.68. The Morgan fingerprint density at radius 1 is 1.07 bits per heavy atom. The highest BCUT2D eigenvalue weighted by Gasteiger charge is 2.12. The molecule has 15 heavy (non-hydrogen) atoms. The van der Waals surface area contributed by atoms with E-state index in [0.717, 1.165) is 9.75 Å². The summed E-state index contributed by atoms with van der Waals surface area (Å²) >= 11 is 1.43. The monoisotopic (exact) mass is 224 g/mol. The maximum Gasteiger partial charge on any atom is 0.0916 e. The molecule has 0 unspecified atom stereocenters. The Hall–Kier alpha value is -0.900. The summed E-state index contributed by atoms with van der Waals surface area (Å²) in [6, 6.07) is 3.70. The molecule has 2 atom stereocenters. The number of thiophene rings is 1. The number of hydrogen-bond donors (Lipinski definition) is 2. The second-order valence-corrected chi connectivity index (χ2v) is 4.47. The molecule has 1 rings (SSSR count). The topological polar surface area (TPSA) is 40.5 Å². The van der Waals surface area contributed by atoms with E-state index in [1.165, 1.54) is 11.3 Å². The third kappa shape index (κ3) is 3.30. The van der Waals surface area contributed by atoms with Crippen LogP contribution in [0.5, 0.6) is 0 Å². The lowest BCUT2D eigenvalue weighted by Gasteiger charge is -2.05. The van der Waals surface area contributed by atoms with Gasteiger partial charge in [0, 0.05) is 9.75 Å². The number of aliphatic hydroxyl groups excluding tert-OH is 2. The highest BCUT2D eigenvalue weighted by atomic mass is 32.1. The first-order chi connectivity index (χ1) is 7.19. The SMILES string of the molecule is C=CC[C@H](O)c1ccc([C@@H](O)CC=C)s1. The molecule has 1 aromatic rings. The molecule has 0 amide bonds. The van der Waals surface area contributed by atoms with Crippen molar-refractivity contribution >= 4 is 11.3 Å². The van der Waals surface area contributed by atoms with Gasteiger partial charge in [0.1, 0.15) is 0 Å². The van der Waals surface area contributed by atoms with Crippen molar-refractivity contribution in [2.24, 2.45) is 0 Å². The van der Waals surface area contributed by atoms with Crippen LogP contribution in [0.3, 0.4) is 0 Å². The van der Waals surface area contributed by atoms with Gasteiger partial charge in [-0.05, 0) is 25.0 Å². The highest BCUT2D eigenvalue weighted by molar-refractivity contribution is 7.12. The minimum absolute atomic E-state index is 0.503. The van der Waals surface area contributed by atoms with Crippen molar-refractivity contribution in [3.05, 3.63) is 47.2 Å². The third-order valence-corrected chi connectivity index (χ3v) is 3.37. The Labute approximate surface area is 94.2 Å². The van der Waals surface area contributed by atoms with E-state index < -0.39 is 12.2 Å². The predicted octanol–water partition coefficient (Wildman–Crippen LogP) is 2.97. The van der Waals surface area contributed by atoms with E-state index in [1.54, 1.807) is 12.2 Å². The van der Waals surface area contributed by atoms with E-state index in [0.29, 0.717) is 12.8 Å². The fourth-order valence-electron chi connectivity index (χ4n) is 1.27. The largest absolute Gasteiger partial charge is 0.387 e. The molecule has 0 bridgehead atoms. The number of rotatable bonds is 6. The molecule has 1 heterocycles. The predicted molar refractivity (Wildman–Crippen MR) is 63.9 cm³/mol. The molecule has 2 N–H and O–H groups in total. The van der Waals surface area contributed by atoms with Crippen LogP contribution in [0.25, 0.3) is 0 Å². The summed E-state index contributed by atoms with van der Waals surface area (Å²) in [5.41, 5.74) is 0. The summed E-state index contributed by atoms with van der Waals surface area (Å²) in [6.07, 6.45) is 3.44. The van der Waals surface area contributed by atoms with E-state index in [1.807, 2.05) is 12.1 Å². The van der Waals surface area contributed by atoms with Crippen LogP contribution in [-0.4, -0.2) is 10.2 Å². The second kappa shape index (κ2) is 5.85. The van der Waals surface area contributed by atoms with Crippen LogP contribution >= 0.6 is 11.3 Å². The van der Waals surface area contributed by atoms with Gasteiger partial charge in [-0.1, -0.05) is 12.2 Å². The quantitative estimate of drug-likeness (QED) is 0.729. The minimum Gasteiger partial charge on any atom is -0.387 e. The summed E-state index contributed by atoms with van der Waals surface area (Å²) in [5.74, 6) is 0. The van der Waals surface area contributed by atoms with Crippen LogP contribution in [0.1, 0.15) is 34.8 Å². The molecule has 0 spiro atoms. The van der Waals surface area contributed by atoms with Crippen molar-refractivity contribution in [1.29, 1.82) is 0 Å². The molecule has 0 aliphatic heterocycles. The normalized spacial score (nSPS) is 14.5. The minimum atomic E-state index is -0.503.